The van der Waals surface area contributed by atoms with Gasteiger partial charge in [-0.3, -0.25) is 14.2 Å². The maximum atomic E-state index is 12.6. The van der Waals surface area contributed by atoms with Crippen molar-refractivity contribution in [2.75, 3.05) is 7.05 Å². The Bertz CT molecular complexity index is 966. The van der Waals surface area contributed by atoms with Gasteiger partial charge in [-0.2, -0.15) is 10.2 Å². The van der Waals surface area contributed by atoms with E-state index >= 15 is 0 Å². The van der Waals surface area contributed by atoms with Crippen molar-refractivity contribution in [3.05, 3.63) is 72.7 Å². The first-order valence-electron chi connectivity index (χ1n) is 7.88. The first-order chi connectivity index (χ1) is 12.2. The molecule has 4 aromatic heterocycles. The number of imidazole rings is 1. The van der Waals surface area contributed by atoms with E-state index in [1.165, 1.54) is 0 Å². The molecule has 0 fully saturated rings. The molecule has 0 aliphatic heterocycles. The van der Waals surface area contributed by atoms with Gasteiger partial charge in [-0.25, -0.2) is 4.98 Å². The van der Waals surface area contributed by atoms with Gasteiger partial charge in [0, 0.05) is 38.0 Å². The number of carbonyl (C=O) groups is 1. The summed E-state index contributed by atoms with van der Waals surface area (Å²) in [6.07, 6.45) is 9.19. The van der Waals surface area contributed by atoms with Crippen molar-refractivity contribution in [3.8, 4) is 0 Å². The summed E-state index contributed by atoms with van der Waals surface area (Å²) in [5, 5.41) is 8.46. The van der Waals surface area contributed by atoms with Gasteiger partial charge in [0.15, 0.2) is 0 Å². The Labute approximate surface area is 143 Å². The lowest BCUT2D eigenvalue weighted by molar-refractivity contribution is 0.0776. The molecule has 4 heterocycles. The zero-order valence-electron chi connectivity index (χ0n) is 13.7. The summed E-state index contributed by atoms with van der Waals surface area (Å²) in [6, 6.07) is 9.37. The molecule has 25 heavy (non-hydrogen) atoms. The number of rotatable bonds is 5. The average Bonchev–Trinajstić information content (AvgIpc) is 3.34. The molecule has 0 aromatic carbocycles. The predicted molar refractivity (Wildman–Crippen MR) is 90.8 cm³/mol. The summed E-state index contributed by atoms with van der Waals surface area (Å²) < 4.78 is 5.35. The van der Waals surface area contributed by atoms with Crippen LogP contribution in [0.3, 0.4) is 0 Å². The van der Waals surface area contributed by atoms with Crippen LogP contribution in [-0.4, -0.2) is 46.8 Å². The zero-order chi connectivity index (χ0) is 17.2. The summed E-state index contributed by atoms with van der Waals surface area (Å²) in [5.74, 6) is -0.142. The molecule has 0 saturated heterocycles. The normalized spacial score (nSPS) is 11.1. The van der Waals surface area contributed by atoms with E-state index < -0.39 is 0 Å². The Morgan fingerprint density at radius 1 is 1.12 bits per heavy atom. The molecule has 0 bridgehead atoms. The van der Waals surface area contributed by atoms with Gasteiger partial charge in [-0.15, -0.1) is 0 Å². The van der Waals surface area contributed by atoms with Crippen LogP contribution in [-0.2, 0) is 13.2 Å². The summed E-state index contributed by atoms with van der Waals surface area (Å²) in [4.78, 5) is 18.7. The van der Waals surface area contributed by atoms with Crippen molar-refractivity contribution >= 4 is 11.6 Å². The van der Waals surface area contributed by atoms with Crippen molar-refractivity contribution in [3.63, 3.8) is 0 Å². The zero-order valence-corrected chi connectivity index (χ0v) is 13.7. The van der Waals surface area contributed by atoms with Crippen molar-refractivity contribution in [2.45, 2.75) is 13.2 Å². The molecular formula is C17H17N7O. The van der Waals surface area contributed by atoms with Gasteiger partial charge >= 0.3 is 0 Å². The van der Waals surface area contributed by atoms with Crippen LogP contribution in [0.25, 0.3) is 5.65 Å². The third-order valence-corrected chi connectivity index (χ3v) is 3.87. The highest BCUT2D eigenvalue weighted by atomic mass is 16.2. The lowest BCUT2D eigenvalue weighted by Gasteiger charge is -2.14. The summed E-state index contributed by atoms with van der Waals surface area (Å²) in [6.45, 7) is 0.892. The van der Waals surface area contributed by atoms with E-state index in [2.05, 4.69) is 15.2 Å². The number of amides is 1. The molecule has 8 nitrogen and oxygen atoms in total. The fourth-order valence-electron chi connectivity index (χ4n) is 2.66. The number of carbonyl (C=O) groups excluding carboxylic acids is 1. The molecule has 1 amide bonds. The topological polar surface area (TPSA) is 73.2 Å². The Hall–Kier alpha value is -3.42. The number of fused-ring (bicyclic) bond motifs is 1. The molecular weight excluding hydrogens is 318 g/mol. The fourth-order valence-corrected chi connectivity index (χ4v) is 2.66. The minimum Gasteiger partial charge on any atom is -0.334 e. The van der Waals surface area contributed by atoms with Gasteiger partial charge in [0.2, 0.25) is 0 Å². The average molecular weight is 335 g/mol. The molecule has 0 atom stereocenters. The highest BCUT2D eigenvalue weighted by Gasteiger charge is 2.16. The molecule has 0 aliphatic carbocycles. The Kier molecular flexibility index (Phi) is 3.77. The van der Waals surface area contributed by atoms with Gasteiger partial charge in [0.25, 0.3) is 5.91 Å². The molecule has 8 heteroatoms. The Morgan fingerprint density at radius 3 is 2.84 bits per heavy atom. The molecule has 0 radical (unpaired) electrons. The molecule has 0 N–H and O–H groups in total. The molecule has 0 unspecified atom stereocenters. The van der Waals surface area contributed by atoms with E-state index in [9.17, 15) is 4.79 Å². The lowest BCUT2D eigenvalue weighted by Crippen LogP contribution is -2.27. The van der Waals surface area contributed by atoms with E-state index in [-0.39, 0.29) is 5.91 Å². The maximum absolute atomic E-state index is 12.6. The van der Waals surface area contributed by atoms with E-state index in [0.717, 1.165) is 11.3 Å². The third kappa shape index (κ3) is 3.14. The second-order valence-corrected chi connectivity index (χ2v) is 5.79. The Balaban J connectivity index is 1.45. The van der Waals surface area contributed by atoms with Crippen LogP contribution >= 0.6 is 0 Å². The maximum Gasteiger partial charge on any atom is 0.274 e. The minimum atomic E-state index is -0.142. The van der Waals surface area contributed by atoms with Gasteiger partial charge in [-0.05, 0) is 24.3 Å². The highest BCUT2D eigenvalue weighted by molar-refractivity contribution is 5.91. The number of hydrogen-bond acceptors (Lipinski definition) is 4. The second kappa shape index (κ2) is 6.23. The molecule has 126 valence electrons. The standard InChI is InChI=1S/C17H17N7O/c1-21(11-14-12-22-8-3-2-5-16(22)19-14)17(25)15-6-10-24(20-15)13-23-9-4-7-18-23/h2-10,12H,11,13H2,1H3. The van der Waals surface area contributed by atoms with Gasteiger partial charge in [-0.1, -0.05) is 6.07 Å². The minimum absolute atomic E-state index is 0.142. The summed E-state index contributed by atoms with van der Waals surface area (Å²) >= 11 is 0. The molecule has 4 rings (SSSR count). The third-order valence-electron chi connectivity index (χ3n) is 3.87. The molecule has 0 saturated carbocycles. The van der Waals surface area contributed by atoms with Crippen molar-refractivity contribution < 1.29 is 4.79 Å². The smallest absolute Gasteiger partial charge is 0.274 e. The van der Waals surface area contributed by atoms with Crippen LogP contribution < -0.4 is 0 Å². The van der Waals surface area contributed by atoms with Gasteiger partial charge in [0.1, 0.15) is 18.0 Å². The van der Waals surface area contributed by atoms with E-state index in [1.807, 2.05) is 47.3 Å². The lowest BCUT2D eigenvalue weighted by atomic mass is 10.3. The first-order valence-corrected chi connectivity index (χ1v) is 7.88. The SMILES string of the molecule is CN(Cc1cn2ccccc2n1)C(=O)c1ccn(Cn2cccn2)n1. The highest BCUT2D eigenvalue weighted by Crippen LogP contribution is 2.09. The summed E-state index contributed by atoms with van der Waals surface area (Å²) in [7, 11) is 1.75. The van der Waals surface area contributed by atoms with Crippen LogP contribution in [0, 0.1) is 0 Å². The quantitative estimate of drug-likeness (QED) is 0.554. The van der Waals surface area contributed by atoms with Crippen LogP contribution in [0.5, 0.6) is 0 Å². The van der Waals surface area contributed by atoms with Crippen LogP contribution in [0.4, 0.5) is 0 Å². The number of hydrogen-bond donors (Lipinski definition) is 0. The largest absolute Gasteiger partial charge is 0.334 e. The van der Waals surface area contributed by atoms with Crippen LogP contribution in [0.15, 0.2) is 61.3 Å². The van der Waals surface area contributed by atoms with Crippen LogP contribution in [0.1, 0.15) is 16.2 Å². The van der Waals surface area contributed by atoms with E-state index in [4.69, 9.17) is 0 Å². The van der Waals surface area contributed by atoms with Crippen molar-refractivity contribution in [1.82, 2.24) is 33.8 Å². The van der Waals surface area contributed by atoms with Crippen molar-refractivity contribution in [1.29, 1.82) is 0 Å². The Morgan fingerprint density at radius 2 is 2.04 bits per heavy atom. The van der Waals surface area contributed by atoms with E-state index in [1.54, 1.807) is 39.8 Å². The fraction of sp³-hybridized carbons (Fsp3) is 0.176. The number of aromatic nitrogens is 6. The van der Waals surface area contributed by atoms with E-state index in [0.29, 0.717) is 18.9 Å². The predicted octanol–water partition coefficient (Wildman–Crippen LogP) is 1.51. The second-order valence-electron chi connectivity index (χ2n) is 5.79. The molecule has 0 aliphatic rings. The van der Waals surface area contributed by atoms with Crippen molar-refractivity contribution in [2.24, 2.45) is 0 Å². The summed E-state index contributed by atoms with van der Waals surface area (Å²) in [5.41, 5.74) is 2.10. The molecule has 4 aromatic rings. The number of pyridine rings is 1. The monoisotopic (exact) mass is 335 g/mol. The number of nitrogens with zero attached hydrogens (tertiary/aromatic N) is 7. The van der Waals surface area contributed by atoms with Crippen LogP contribution in [0.2, 0.25) is 0 Å². The van der Waals surface area contributed by atoms with Gasteiger partial charge < -0.3 is 9.30 Å². The molecule has 0 spiro atoms. The first kappa shape index (κ1) is 15.1. The van der Waals surface area contributed by atoms with Gasteiger partial charge in [0.05, 0.1) is 12.2 Å².